The van der Waals surface area contributed by atoms with Gasteiger partial charge in [-0.2, -0.15) is 5.10 Å². The molecule has 0 saturated heterocycles. The second-order valence-corrected chi connectivity index (χ2v) is 9.82. The van der Waals surface area contributed by atoms with Gasteiger partial charge < -0.3 is 20.1 Å². The van der Waals surface area contributed by atoms with E-state index in [9.17, 15) is 14.4 Å². The van der Waals surface area contributed by atoms with Crippen LogP contribution in [-0.4, -0.2) is 37.7 Å². The van der Waals surface area contributed by atoms with Crippen LogP contribution in [0, 0.1) is 17.4 Å². The van der Waals surface area contributed by atoms with Crippen molar-refractivity contribution in [1.29, 1.82) is 0 Å². The molecule has 0 aromatic heterocycles. The maximum atomic E-state index is 12.5. The number of carbonyl (C=O) groups is 3. The average Bonchev–Trinajstić information content (AvgIpc) is 2.88. The van der Waals surface area contributed by atoms with Crippen molar-refractivity contribution < 1.29 is 23.9 Å². The zero-order valence-electron chi connectivity index (χ0n) is 20.5. The third-order valence-corrected chi connectivity index (χ3v) is 6.88. The number of methoxy groups -OCH3 is 1. The Morgan fingerprint density at radius 3 is 2.45 bits per heavy atom. The fourth-order valence-corrected chi connectivity index (χ4v) is 4.29. The number of amides is 3. The summed E-state index contributed by atoms with van der Waals surface area (Å²) < 4.78 is 11.8. The van der Waals surface area contributed by atoms with Crippen LogP contribution < -0.4 is 25.5 Å². The highest BCUT2D eigenvalue weighted by atomic mass is 127. The Balaban J connectivity index is 1.60. The van der Waals surface area contributed by atoms with Gasteiger partial charge in [0.15, 0.2) is 18.1 Å². The average molecular weight is 669 g/mol. The Kier molecular flexibility index (Phi) is 10.3. The third kappa shape index (κ3) is 7.59. The van der Waals surface area contributed by atoms with Gasteiger partial charge in [0, 0.05) is 5.69 Å². The molecule has 3 aromatic carbocycles. The van der Waals surface area contributed by atoms with E-state index in [1.807, 2.05) is 54.6 Å². The van der Waals surface area contributed by atoms with E-state index in [0.29, 0.717) is 20.6 Å². The van der Waals surface area contributed by atoms with Crippen molar-refractivity contribution >= 4 is 81.1 Å². The molecule has 3 amide bonds. The maximum absolute atomic E-state index is 12.5. The molecule has 198 valence electrons. The standard InChI is InChI=1S/C26H23Cl2IN4O5/c1-14-6-4-8-19(15(14)2)31-22(34)13-38-24-18(29)10-16(11-21(24)37-3)12-30-33-26(36)25(35)32-20-9-5-7-17(27)23(20)28/h4-12H,13H2,1-3H3,(H,31,34)(H,32,35)(H,33,36)/b30-12-. The van der Waals surface area contributed by atoms with E-state index < -0.39 is 11.8 Å². The molecule has 0 aliphatic carbocycles. The second kappa shape index (κ2) is 13.4. The van der Waals surface area contributed by atoms with E-state index in [1.54, 1.807) is 24.3 Å². The first-order valence-electron chi connectivity index (χ1n) is 11.1. The molecule has 38 heavy (non-hydrogen) atoms. The van der Waals surface area contributed by atoms with Crippen LogP contribution >= 0.6 is 45.8 Å². The highest BCUT2D eigenvalue weighted by Crippen LogP contribution is 2.34. The lowest BCUT2D eigenvalue weighted by atomic mass is 10.1. The fourth-order valence-electron chi connectivity index (χ4n) is 3.16. The number of benzene rings is 3. The van der Waals surface area contributed by atoms with E-state index in [0.717, 1.165) is 16.8 Å². The lowest BCUT2D eigenvalue weighted by Gasteiger charge is -2.14. The Hall–Kier alpha value is -3.35. The number of hydrogen-bond donors (Lipinski definition) is 3. The normalized spacial score (nSPS) is 10.7. The highest BCUT2D eigenvalue weighted by Gasteiger charge is 2.16. The lowest BCUT2D eigenvalue weighted by molar-refractivity contribution is -0.136. The van der Waals surface area contributed by atoms with Gasteiger partial charge in [0.2, 0.25) is 0 Å². The Bertz CT molecular complexity index is 1410. The van der Waals surface area contributed by atoms with Crippen LogP contribution in [0.15, 0.2) is 53.6 Å². The molecule has 9 nitrogen and oxygen atoms in total. The molecule has 0 spiro atoms. The van der Waals surface area contributed by atoms with Crippen molar-refractivity contribution in [3.63, 3.8) is 0 Å². The quantitative estimate of drug-likeness (QED) is 0.130. The molecule has 12 heteroatoms. The minimum atomic E-state index is -1.01. The predicted octanol–water partition coefficient (Wildman–Crippen LogP) is 5.33. The van der Waals surface area contributed by atoms with Gasteiger partial charge >= 0.3 is 11.8 Å². The summed E-state index contributed by atoms with van der Waals surface area (Å²) in [6.45, 7) is 3.67. The van der Waals surface area contributed by atoms with Crippen molar-refractivity contribution in [2.45, 2.75) is 13.8 Å². The molecule has 0 aliphatic rings. The summed E-state index contributed by atoms with van der Waals surface area (Å²) in [5.41, 5.74) is 5.66. The fraction of sp³-hybridized carbons (Fsp3) is 0.154. The number of hydrazone groups is 1. The number of ether oxygens (including phenoxy) is 2. The molecule has 0 saturated carbocycles. The van der Waals surface area contributed by atoms with E-state index in [2.05, 4.69) is 21.2 Å². The Morgan fingerprint density at radius 2 is 1.71 bits per heavy atom. The van der Waals surface area contributed by atoms with Crippen molar-refractivity contribution in [2.75, 3.05) is 24.4 Å². The van der Waals surface area contributed by atoms with Crippen molar-refractivity contribution in [3.05, 3.63) is 78.8 Å². The molecular formula is C26H23Cl2IN4O5. The van der Waals surface area contributed by atoms with Gasteiger partial charge in [0.1, 0.15) is 0 Å². The number of rotatable bonds is 8. The number of nitrogens with one attached hydrogen (secondary N) is 3. The first kappa shape index (κ1) is 29.2. The van der Waals surface area contributed by atoms with Gasteiger partial charge in [-0.25, -0.2) is 5.43 Å². The van der Waals surface area contributed by atoms with Crippen LogP contribution in [-0.2, 0) is 14.4 Å². The highest BCUT2D eigenvalue weighted by molar-refractivity contribution is 14.1. The maximum Gasteiger partial charge on any atom is 0.329 e. The van der Waals surface area contributed by atoms with Crippen LogP contribution in [0.4, 0.5) is 11.4 Å². The van der Waals surface area contributed by atoms with Crippen LogP contribution in [0.25, 0.3) is 0 Å². The van der Waals surface area contributed by atoms with E-state index >= 15 is 0 Å². The first-order chi connectivity index (χ1) is 18.1. The zero-order valence-corrected chi connectivity index (χ0v) is 24.2. The topological polar surface area (TPSA) is 118 Å². The van der Waals surface area contributed by atoms with Crippen LogP contribution in [0.1, 0.15) is 16.7 Å². The zero-order chi connectivity index (χ0) is 27.8. The molecule has 0 bridgehead atoms. The minimum Gasteiger partial charge on any atom is -0.493 e. The Morgan fingerprint density at radius 1 is 1.00 bits per heavy atom. The molecule has 3 rings (SSSR count). The molecule has 0 heterocycles. The van der Waals surface area contributed by atoms with E-state index in [-0.39, 0.29) is 28.2 Å². The number of aryl methyl sites for hydroxylation is 1. The molecule has 3 aromatic rings. The van der Waals surface area contributed by atoms with Gasteiger partial charge in [-0.05, 0) is 83.5 Å². The number of nitrogens with zero attached hydrogens (tertiary/aromatic N) is 1. The summed E-state index contributed by atoms with van der Waals surface area (Å²) in [5, 5.41) is 9.38. The van der Waals surface area contributed by atoms with Gasteiger partial charge in [0.25, 0.3) is 5.91 Å². The number of hydrogen-bond acceptors (Lipinski definition) is 6. The molecule has 3 N–H and O–H groups in total. The SMILES string of the molecule is COc1cc(/C=N\NC(=O)C(=O)Nc2cccc(Cl)c2Cl)cc(I)c1OCC(=O)Nc1cccc(C)c1C. The number of anilines is 2. The smallest absolute Gasteiger partial charge is 0.329 e. The number of carbonyl (C=O) groups excluding carboxylic acids is 3. The minimum absolute atomic E-state index is 0.116. The van der Waals surface area contributed by atoms with Crippen molar-refractivity contribution in [2.24, 2.45) is 5.10 Å². The van der Waals surface area contributed by atoms with E-state index in [1.165, 1.54) is 19.4 Å². The molecule has 0 aliphatic heterocycles. The Labute approximate surface area is 243 Å². The summed E-state index contributed by atoms with van der Waals surface area (Å²) in [7, 11) is 1.46. The predicted molar refractivity (Wildman–Crippen MR) is 157 cm³/mol. The summed E-state index contributed by atoms with van der Waals surface area (Å²) in [6.07, 6.45) is 1.33. The van der Waals surface area contributed by atoms with Gasteiger partial charge in [-0.3, -0.25) is 14.4 Å². The first-order valence-corrected chi connectivity index (χ1v) is 12.9. The van der Waals surface area contributed by atoms with Crippen LogP contribution in [0.5, 0.6) is 11.5 Å². The third-order valence-electron chi connectivity index (χ3n) is 5.26. The van der Waals surface area contributed by atoms with Gasteiger partial charge in [-0.15, -0.1) is 0 Å². The van der Waals surface area contributed by atoms with Crippen molar-refractivity contribution in [1.82, 2.24) is 5.43 Å². The molecule has 0 radical (unpaired) electrons. The summed E-state index contributed by atoms with van der Waals surface area (Å²) in [5.74, 6) is -1.56. The molecule has 0 atom stereocenters. The van der Waals surface area contributed by atoms with Crippen LogP contribution in [0.2, 0.25) is 10.0 Å². The van der Waals surface area contributed by atoms with Gasteiger partial charge in [0.05, 0.1) is 32.6 Å². The molecular weight excluding hydrogens is 646 g/mol. The second-order valence-electron chi connectivity index (χ2n) is 7.87. The van der Waals surface area contributed by atoms with E-state index in [4.69, 9.17) is 32.7 Å². The van der Waals surface area contributed by atoms with Crippen LogP contribution in [0.3, 0.4) is 0 Å². The number of halogens is 3. The monoisotopic (exact) mass is 668 g/mol. The van der Waals surface area contributed by atoms with Gasteiger partial charge in [-0.1, -0.05) is 41.4 Å². The molecule has 0 unspecified atom stereocenters. The summed E-state index contributed by atoms with van der Waals surface area (Å²) >= 11 is 14.0. The van der Waals surface area contributed by atoms with Crippen molar-refractivity contribution in [3.8, 4) is 11.5 Å². The largest absolute Gasteiger partial charge is 0.493 e. The summed E-state index contributed by atoms with van der Waals surface area (Å²) in [6, 6.07) is 13.6. The summed E-state index contributed by atoms with van der Waals surface area (Å²) in [4.78, 5) is 36.7. The molecule has 0 fully saturated rings. The lowest BCUT2D eigenvalue weighted by Crippen LogP contribution is -2.32.